The van der Waals surface area contributed by atoms with Crippen molar-refractivity contribution >= 4 is 28.8 Å². The Morgan fingerprint density at radius 1 is 1.12 bits per heavy atom. The molecule has 0 unspecified atom stereocenters. The number of halogens is 1. The molecule has 0 aromatic heterocycles. The molecule has 1 aliphatic rings. The van der Waals surface area contributed by atoms with E-state index in [-0.39, 0.29) is 52.8 Å². The third-order valence-electron chi connectivity index (χ3n) is 2.91. The van der Waals surface area contributed by atoms with Crippen molar-refractivity contribution in [3.63, 3.8) is 0 Å². The molecule has 0 saturated carbocycles. The summed E-state index contributed by atoms with van der Waals surface area (Å²) in [5, 5.41) is 12.0. The normalized spacial score (nSPS) is 13.9. The summed E-state index contributed by atoms with van der Waals surface area (Å²) in [6, 6.07) is 7.95. The van der Waals surface area contributed by atoms with Crippen LogP contribution in [0.2, 0.25) is 0 Å². The van der Waals surface area contributed by atoms with Crippen LogP contribution in [0.25, 0.3) is 5.76 Å². The van der Waals surface area contributed by atoms with Crippen LogP contribution in [-0.4, -0.2) is 23.1 Å². The van der Waals surface area contributed by atoms with Gasteiger partial charge in [0.25, 0.3) is 0 Å². The summed E-state index contributed by atoms with van der Waals surface area (Å²) in [7, 11) is 0. The van der Waals surface area contributed by atoms with Gasteiger partial charge in [0.05, 0.1) is 0 Å². The third-order valence-corrected chi connectivity index (χ3v) is 2.91. The Balaban J connectivity index is 0.00000112. The zero-order chi connectivity index (χ0) is 10.1. The Kier molecular flexibility index (Phi) is 6.97. The number of hydrogen-bond donors (Lipinski definition) is 0. The summed E-state index contributed by atoms with van der Waals surface area (Å²) in [5.41, 5.74) is 3.22. The van der Waals surface area contributed by atoms with Crippen molar-refractivity contribution in [3.8, 4) is 0 Å². The number of rotatable bonds is 1. The zero-order valence-electron chi connectivity index (χ0n) is 9.79. The van der Waals surface area contributed by atoms with E-state index in [0.717, 1.165) is 24.0 Å². The van der Waals surface area contributed by atoms with Crippen LogP contribution in [0.1, 0.15) is 31.4 Å². The van der Waals surface area contributed by atoms with Gasteiger partial charge in [-0.15, -0.1) is 5.76 Å². The van der Waals surface area contributed by atoms with E-state index in [4.69, 9.17) is 0 Å². The molecule has 16 heavy (non-hydrogen) atoms. The second-order valence-electron chi connectivity index (χ2n) is 4.17. The second-order valence-corrected chi connectivity index (χ2v) is 4.17. The molecule has 1 nitrogen and oxygen atoms in total. The Labute approximate surface area is 130 Å². The van der Waals surface area contributed by atoms with Gasteiger partial charge in [0, 0.05) is 0 Å². The first kappa shape index (κ1) is 16.3. The molecule has 0 amide bonds. The number of fused-ring (bicyclic) bond motifs is 1. The van der Waals surface area contributed by atoms with E-state index < -0.39 is 0 Å². The topological polar surface area (TPSA) is 23.1 Å². The summed E-state index contributed by atoms with van der Waals surface area (Å²) in [4.78, 5) is 0. The number of hydrogen-bond acceptors (Lipinski definition) is 1. The first-order valence-electron chi connectivity index (χ1n) is 5.18. The number of aryl methyl sites for hydroxylation is 1. The summed E-state index contributed by atoms with van der Waals surface area (Å²) in [5.74, 6) is 0.651. The third kappa shape index (κ3) is 3.14. The van der Waals surface area contributed by atoms with Gasteiger partial charge >= 0.3 is 23.1 Å². The van der Waals surface area contributed by atoms with E-state index >= 15 is 0 Å². The van der Waals surface area contributed by atoms with E-state index in [9.17, 15) is 5.11 Å². The van der Waals surface area contributed by atoms with Crippen LogP contribution >= 0.6 is 0 Å². The Morgan fingerprint density at radius 2 is 1.75 bits per heavy atom. The van der Waals surface area contributed by atoms with Gasteiger partial charge in [-0.05, 0) is 29.9 Å². The van der Waals surface area contributed by atoms with Gasteiger partial charge in [0.1, 0.15) is 0 Å². The zero-order valence-corrected chi connectivity index (χ0v) is 13.4. The molecule has 0 fully saturated rings. The van der Waals surface area contributed by atoms with Gasteiger partial charge in [0.15, 0.2) is 0 Å². The molecule has 0 bridgehead atoms. The molecular weight excluding hydrogens is 323 g/mol. The maximum atomic E-state index is 12.0. The Bertz CT molecular complexity index is 385. The molecule has 1 aromatic carbocycles. The number of benzene rings is 1. The van der Waals surface area contributed by atoms with Crippen LogP contribution < -0.4 is 29.1 Å². The molecule has 1 aliphatic carbocycles. The van der Waals surface area contributed by atoms with Crippen LogP contribution in [0, 0.1) is 5.92 Å². The van der Waals surface area contributed by atoms with E-state index in [0.29, 0.717) is 5.92 Å². The Morgan fingerprint density at radius 3 is 2.38 bits per heavy atom. The van der Waals surface area contributed by atoms with Crippen LogP contribution in [0.5, 0.6) is 0 Å². The fourth-order valence-corrected chi connectivity index (χ4v) is 2.07. The minimum atomic E-state index is 0. The van der Waals surface area contributed by atoms with Crippen molar-refractivity contribution in [2.45, 2.75) is 26.7 Å². The van der Waals surface area contributed by atoms with Gasteiger partial charge < -0.3 is 29.1 Å². The predicted octanol–water partition coefficient (Wildman–Crippen LogP) is -1.02. The average Bonchev–Trinajstić information content (AvgIpc) is 2.18. The molecule has 2 rings (SSSR count). The van der Waals surface area contributed by atoms with Crippen LogP contribution in [0.3, 0.4) is 0 Å². The van der Waals surface area contributed by atoms with Crippen molar-refractivity contribution < 1.29 is 29.1 Å². The van der Waals surface area contributed by atoms with Crippen LogP contribution in [0.15, 0.2) is 29.8 Å². The standard InChI is InChI=1S/C13H16O.HI.Mg/c1-9(2)11-8-7-10-5-3-4-6-12(10)13(11)14;;/h3-6,9,14H,7-8H2,1-2H3;1H;/q;;+2/p-2. The molecule has 82 valence electrons. The van der Waals surface area contributed by atoms with Crippen molar-refractivity contribution in [2.75, 3.05) is 0 Å². The first-order valence-corrected chi connectivity index (χ1v) is 5.18. The summed E-state index contributed by atoms with van der Waals surface area (Å²) in [6.07, 6.45) is 1.96. The van der Waals surface area contributed by atoms with Gasteiger partial charge in [-0.3, -0.25) is 0 Å². The molecular formula is C13H15IMgO. The average molecular weight is 338 g/mol. The van der Waals surface area contributed by atoms with Gasteiger partial charge in [0.2, 0.25) is 0 Å². The monoisotopic (exact) mass is 338 g/mol. The molecule has 0 radical (unpaired) electrons. The summed E-state index contributed by atoms with van der Waals surface area (Å²) < 4.78 is 0. The predicted molar refractivity (Wildman–Crippen MR) is 62.3 cm³/mol. The quantitative estimate of drug-likeness (QED) is 0.475. The molecule has 0 atom stereocenters. The van der Waals surface area contributed by atoms with Crippen molar-refractivity contribution in [1.82, 2.24) is 0 Å². The molecule has 3 heteroatoms. The molecule has 1 aromatic rings. The molecule has 0 saturated heterocycles. The van der Waals surface area contributed by atoms with E-state index in [1.54, 1.807) is 0 Å². The van der Waals surface area contributed by atoms with Crippen molar-refractivity contribution in [2.24, 2.45) is 5.92 Å². The van der Waals surface area contributed by atoms with Gasteiger partial charge in [-0.1, -0.05) is 43.7 Å². The fourth-order valence-electron chi connectivity index (χ4n) is 2.07. The second kappa shape index (κ2) is 6.86. The smallest absolute Gasteiger partial charge is 1.00 e. The maximum absolute atomic E-state index is 12.0. The van der Waals surface area contributed by atoms with Crippen molar-refractivity contribution in [1.29, 1.82) is 0 Å². The van der Waals surface area contributed by atoms with Gasteiger partial charge in [-0.2, -0.15) is 0 Å². The molecule has 0 spiro atoms. The summed E-state index contributed by atoms with van der Waals surface area (Å²) in [6.45, 7) is 4.20. The van der Waals surface area contributed by atoms with Crippen molar-refractivity contribution in [3.05, 3.63) is 41.0 Å². The minimum absolute atomic E-state index is 0. The SMILES string of the molecule is CC(C)C1=C([O-])c2ccccc2CC1.[I-].[Mg+2]. The molecule has 0 aliphatic heterocycles. The molecule has 0 heterocycles. The fraction of sp³-hybridized carbons (Fsp3) is 0.385. The first-order chi connectivity index (χ1) is 6.70. The van der Waals surface area contributed by atoms with Crippen LogP contribution in [-0.2, 0) is 6.42 Å². The van der Waals surface area contributed by atoms with Crippen LogP contribution in [0.4, 0.5) is 0 Å². The number of allylic oxidation sites excluding steroid dienone is 1. The van der Waals surface area contributed by atoms with E-state index in [1.807, 2.05) is 18.2 Å². The van der Waals surface area contributed by atoms with E-state index in [1.165, 1.54) is 5.56 Å². The van der Waals surface area contributed by atoms with E-state index in [2.05, 4.69) is 19.9 Å². The molecule has 0 N–H and O–H groups in total. The largest absolute Gasteiger partial charge is 2.00 e. The minimum Gasteiger partial charge on any atom is -1.00 e. The van der Waals surface area contributed by atoms with Gasteiger partial charge in [-0.25, -0.2) is 0 Å². The summed E-state index contributed by atoms with van der Waals surface area (Å²) >= 11 is 0. The maximum Gasteiger partial charge on any atom is 2.00 e. The Hall–Kier alpha value is 0.256.